The van der Waals surface area contributed by atoms with Gasteiger partial charge in [0.15, 0.2) is 5.82 Å². The maximum absolute atomic E-state index is 12.1. The van der Waals surface area contributed by atoms with Crippen molar-refractivity contribution in [3.63, 3.8) is 0 Å². The van der Waals surface area contributed by atoms with Gasteiger partial charge in [0, 0.05) is 25.0 Å². The smallest absolute Gasteiger partial charge is 0.293 e. The molecular weight excluding hydrogens is 238 g/mol. The summed E-state index contributed by atoms with van der Waals surface area (Å²) in [6, 6.07) is 0.288. The Morgan fingerprint density at radius 1 is 1.32 bits per heavy atom. The van der Waals surface area contributed by atoms with Crippen molar-refractivity contribution in [3.05, 3.63) is 22.7 Å². The van der Waals surface area contributed by atoms with E-state index in [2.05, 4.69) is 38.0 Å². The van der Waals surface area contributed by atoms with Gasteiger partial charge in [0.2, 0.25) is 0 Å². The number of nitrogens with zero attached hydrogens (tertiary/aromatic N) is 2. The molecule has 0 bridgehead atoms. The van der Waals surface area contributed by atoms with Gasteiger partial charge in [-0.05, 0) is 25.7 Å². The van der Waals surface area contributed by atoms with Crippen LogP contribution in [-0.2, 0) is 6.54 Å². The van der Waals surface area contributed by atoms with E-state index in [9.17, 15) is 4.79 Å². The molecule has 0 spiro atoms. The van der Waals surface area contributed by atoms with Gasteiger partial charge in [0.25, 0.3) is 5.56 Å². The van der Waals surface area contributed by atoms with Crippen molar-refractivity contribution >= 4 is 5.82 Å². The minimum absolute atomic E-state index is 0.0138. The number of hydrogen-bond donors (Lipinski definition) is 1. The summed E-state index contributed by atoms with van der Waals surface area (Å²) in [6.45, 7) is 9.39. The van der Waals surface area contributed by atoms with E-state index in [0.29, 0.717) is 5.82 Å². The second-order valence-electron chi connectivity index (χ2n) is 5.64. The zero-order chi connectivity index (χ0) is 14.3. The van der Waals surface area contributed by atoms with E-state index in [1.54, 1.807) is 17.0 Å². The van der Waals surface area contributed by atoms with Crippen molar-refractivity contribution in [3.8, 4) is 0 Å². The molecule has 0 aromatic carbocycles. The normalized spacial score (nSPS) is 12.7. The predicted octanol–water partition coefficient (Wildman–Crippen LogP) is 3.28. The molecule has 1 N–H and O–H groups in total. The van der Waals surface area contributed by atoms with Gasteiger partial charge in [0.05, 0.1) is 0 Å². The maximum atomic E-state index is 12.1. The van der Waals surface area contributed by atoms with Crippen LogP contribution in [0, 0.1) is 5.92 Å². The van der Waals surface area contributed by atoms with E-state index >= 15 is 0 Å². The highest BCUT2D eigenvalue weighted by molar-refractivity contribution is 5.31. The van der Waals surface area contributed by atoms with E-state index in [-0.39, 0.29) is 11.6 Å². The molecule has 1 atom stereocenters. The third-order valence-electron chi connectivity index (χ3n) is 3.18. The SMILES string of the molecule is CCCn1ccnc(NC(C)CCCC(C)C)c1=O. The average Bonchev–Trinajstić information content (AvgIpc) is 2.34. The number of hydrogen-bond acceptors (Lipinski definition) is 3. The molecule has 1 aromatic rings. The van der Waals surface area contributed by atoms with Gasteiger partial charge in [-0.3, -0.25) is 4.79 Å². The number of nitrogens with one attached hydrogen (secondary N) is 1. The Morgan fingerprint density at radius 2 is 2.05 bits per heavy atom. The van der Waals surface area contributed by atoms with Gasteiger partial charge >= 0.3 is 0 Å². The first-order valence-electron chi connectivity index (χ1n) is 7.36. The monoisotopic (exact) mass is 265 g/mol. The van der Waals surface area contributed by atoms with Crippen LogP contribution in [0.15, 0.2) is 17.2 Å². The van der Waals surface area contributed by atoms with E-state index < -0.39 is 0 Å². The van der Waals surface area contributed by atoms with Crippen molar-refractivity contribution < 1.29 is 0 Å². The molecule has 0 saturated carbocycles. The lowest BCUT2D eigenvalue weighted by Crippen LogP contribution is -2.27. The van der Waals surface area contributed by atoms with Crippen molar-refractivity contribution in [2.24, 2.45) is 5.92 Å². The zero-order valence-corrected chi connectivity index (χ0v) is 12.6. The van der Waals surface area contributed by atoms with Gasteiger partial charge in [-0.2, -0.15) is 0 Å². The summed E-state index contributed by atoms with van der Waals surface area (Å²) >= 11 is 0. The van der Waals surface area contributed by atoms with Crippen LogP contribution in [0.2, 0.25) is 0 Å². The van der Waals surface area contributed by atoms with Crippen LogP contribution in [-0.4, -0.2) is 15.6 Å². The molecule has 1 unspecified atom stereocenters. The predicted molar refractivity (Wildman–Crippen MR) is 80.6 cm³/mol. The van der Waals surface area contributed by atoms with Crippen molar-refractivity contribution in [2.45, 2.75) is 66.0 Å². The Hall–Kier alpha value is -1.32. The topological polar surface area (TPSA) is 46.9 Å². The molecule has 108 valence electrons. The highest BCUT2D eigenvalue weighted by Gasteiger charge is 2.08. The minimum atomic E-state index is -0.0138. The maximum Gasteiger partial charge on any atom is 0.293 e. The number of aryl methyl sites for hydroxylation is 1. The van der Waals surface area contributed by atoms with E-state index in [1.165, 1.54) is 12.8 Å². The fraction of sp³-hybridized carbons (Fsp3) is 0.733. The van der Waals surface area contributed by atoms with Gasteiger partial charge in [-0.15, -0.1) is 0 Å². The fourth-order valence-electron chi connectivity index (χ4n) is 2.10. The lowest BCUT2D eigenvalue weighted by molar-refractivity contribution is 0.519. The van der Waals surface area contributed by atoms with Crippen LogP contribution >= 0.6 is 0 Å². The number of aromatic nitrogens is 2. The first-order valence-corrected chi connectivity index (χ1v) is 7.36. The Balaban J connectivity index is 2.56. The van der Waals surface area contributed by atoms with Crippen LogP contribution in [0.25, 0.3) is 0 Å². The minimum Gasteiger partial charge on any atom is -0.363 e. The molecule has 0 amide bonds. The third-order valence-corrected chi connectivity index (χ3v) is 3.18. The number of anilines is 1. The molecule has 4 nitrogen and oxygen atoms in total. The molecule has 4 heteroatoms. The highest BCUT2D eigenvalue weighted by atomic mass is 16.1. The summed E-state index contributed by atoms with van der Waals surface area (Å²) in [5.74, 6) is 1.22. The van der Waals surface area contributed by atoms with Gasteiger partial charge in [0.1, 0.15) is 0 Å². The second-order valence-corrected chi connectivity index (χ2v) is 5.64. The summed E-state index contributed by atoms with van der Waals surface area (Å²) in [5.41, 5.74) is -0.0138. The molecule has 0 fully saturated rings. The van der Waals surface area contributed by atoms with Crippen molar-refractivity contribution in [1.29, 1.82) is 0 Å². The Labute approximate surface area is 116 Å². The quantitative estimate of drug-likeness (QED) is 0.784. The van der Waals surface area contributed by atoms with E-state index in [1.807, 2.05) is 0 Å². The third kappa shape index (κ3) is 5.45. The van der Waals surface area contributed by atoms with Crippen LogP contribution in [0.1, 0.15) is 53.4 Å². The molecule has 0 aliphatic rings. The van der Waals surface area contributed by atoms with Crippen LogP contribution < -0.4 is 10.9 Å². The largest absolute Gasteiger partial charge is 0.363 e. The first kappa shape index (κ1) is 15.7. The molecule has 0 radical (unpaired) electrons. The average molecular weight is 265 g/mol. The molecule has 0 aliphatic heterocycles. The van der Waals surface area contributed by atoms with Crippen molar-refractivity contribution in [2.75, 3.05) is 5.32 Å². The highest BCUT2D eigenvalue weighted by Crippen LogP contribution is 2.10. The van der Waals surface area contributed by atoms with E-state index in [4.69, 9.17) is 0 Å². The molecule has 19 heavy (non-hydrogen) atoms. The molecule has 1 aromatic heterocycles. The zero-order valence-electron chi connectivity index (χ0n) is 12.6. The standard InChI is InChI=1S/C15H27N3O/c1-5-10-18-11-9-16-14(15(18)19)17-13(4)8-6-7-12(2)3/h9,11-13H,5-8,10H2,1-4H3,(H,16,17). The van der Waals surface area contributed by atoms with Gasteiger partial charge < -0.3 is 9.88 Å². The van der Waals surface area contributed by atoms with Gasteiger partial charge in [-0.1, -0.05) is 33.6 Å². The summed E-state index contributed by atoms with van der Waals surface area (Å²) in [7, 11) is 0. The summed E-state index contributed by atoms with van der Waals surface area (Å²) in [5, 5.41) is 3.24. The molecule has 0 saturated heterocycles. The summed E-state index contributed by atoms with van der Waals surface area (Å²) < 4.78 is 1.72. The Morgan fingerprint density at radius 3 is 2.68 bits per heavy atom. The fourth-order valence-corrected chi connectivity index (χ4v) is 2.10. The summed E-state index contributed by atoms with van der Waals surface area (Å²) in [4.78, 5) is 16.3. The van der Waals surface area contributed by atoms with Crippen LogP contribution in [0.4, 0.5) is 5.82 Å². The molecule has 1 rings (SSSR count). The second kappa shape index (κ2) is 7.97. The molecule has 0 aliphatic carbocycles. The van der Waals surface area contributed by atoms with Crippen molar-refractivity contribution in [1.82, 2.24) is 9.55 Å². The summed E-state index contributed by atoms with van der Waals surface area (Å²) in [6.07, 6.45) is 7.88. The van der Waals surface area contributed by atoms with E-state index in [0.717, 1.165) is 25.3 Å². The lowest BCUT2D eigenvalue weighted by Gasteiger charge is -2.15. The first-order chi connectivity index (χ1) is 9.04. The van der Waals surface area contributed by atoms with Crippen LogP contribution in [0.3, 0.4) is 0 Å². The van der Waals surface area contributed by atoms with Crippen LogP contribution in [0.5, 0.6) is 0 Å². The Bertz CT molecular complexity index is 426. The lowest BCUT2D eigenvalue weighted by atomic mass is 10.0. The molecule has 1 heterocycles. The Kier molecular flexibility index (Phi) is 6.60. The molecular formula is C15H27N3O. The van der Waals surface area contributed by atoms with Gasteiger partial charge in [-0.25, -0.2) is 4.98 Å². The number of rotatable bonds is 8.